The largest absolute Gasteiger partial charge is 0.507 e. The molecule has 0 amide bonds. The van der Waals surface area contributed by atoms with Crippen LogP contribution in [0.4, 0.5) is 5.82 Å². The summed E-state index contributed by atoms with van der Waals surface area (Å²) < 4.78 is 6.08. The highest BCUT2D eigenvalue weighted by Crippen LogP contribution is 2.22. The smallest absolute Gasteiger partial charge is 0.218 e. The topological polar surface area (TPSA) is 79.6 Å². The zero-order valence-corrected chi connectivity index (χ0v) is 14.9. The SMILES string of the molecule is COc1cc(NN=Cc2cc(Br)ccc2O)nc(-c2ccccc2)n1. The maximum absolute atomic E-state index is 9.82. The molecule has 6 nitrogen and oxygen atoms in total. The van der Waals surface area contributed by atoms with Crippen LogP contribution >= 0.6 is 15.9 Å². The number of phenols is 1. The van der Waals surface area contributed by atoms with E-state index in [2.05, 4.69) is 36.4 Å². The summed E-state index contributed by atoms with van der Waals surface area (Å²) in [5.74, 6) is 1.58. The predicted octanol–water partition coefficient (Wildman–Crippen LogP) is 4.07. The van der Waals surface area contributed by atoms with Crippen LogP contribution < -0.4 is 10.2 Å². The van der Waals surface area contributed by atoms with Gasteiger partial charge in [0.25, 0.3) is 0 Å². The van der Waals surface area contributed by atoms with E-state index >= 15 is 0 Å². The van der Waals surface area contributed by atoms with Crippen LogP contribution in [0.2, 0.25) is 0 Å². The Morgan fingerprint density at radius 1 is 1.12 bits per heavy atom. The number of hydrogen-bond acceptors (Lipinski definition) is 6. The number of nitrogens with zero attached hydrogens (tertiary/aromatic N) is 3. The van der Waals surface area contributed by atoms with Crippen LogP contribution in [-0.2, 0) is 0 Å². The van der Waals surface area contributed by atoms with Gasteiger partial charge < -0.3 is 9.84 Å². The van der Waals surface area contributed by atoms with Gasteiger partial charge in [0.15, 0.2) is 11.6 Å². The molecule has 0 saturated carbocycles. The van der Waals surface area contributed by atoms with E-state index in [1.165, 1.54) is 6.21 Å². The molecule has 1 heterocycles. The molecule has 3 rings (SSSR count). The number of nitrogens with one attached hydrogen (secondary N) is 1. The highest BCUT2D eigenvalue weighted by atomic mass is 79.9. The first-order chi connectivity index (χ1) is 12.2. The highest BCUT2D eigenvalue weighted by molar-refractivity contribution is 9.10. The third-order valence-corrected chi connectivity index (χ3v) is 3.81. The Morgan fingerprint density at radius 2 is 1.92 bits per heavy atom. The van der Waals surface area contributed by atoms with E-state index in [4.69, 9.17) is 4.74 Å². The number of aromatic hydroxyl groups is 1. The summed E-state index contributed by atoms with van der Waals surface area (Å²) in [5.41, 5.74) is 4.28. The van der Waals surface area contributed by atoms with E-state index in [1.807, 2.05) is 30.3 Å². The molecular weight excluding hydrogens is 384 g/mol. The molecule has 0 aliphatic carbocycles. The minimum absolute atomic E-state index is 0.138. The molecule has 126 valence electrons. The second-order valence-electron chi connectivity index (χ2n) is 5.06. The Kier molecular flexibility index (Phi) is 5.25. The van der Waals surface area contributed by atoms with Crippen LogP contribution in [0.5, 0.6) is 11.6 Å². The average Bonchev–Trinajstić information content (AvgIpc) is 2.65. The average molecular weight is 399 g/mol. The van der Waals surface area contributed by atoms with Crippen LogP contribution in [0.1, 0.15) is 5.56 Å². The van der Waals surface area contributed by atoms with Crippen LogP contribution in [-0.4, -0.2) is 28.4 Å². The monoisotopic (exact) mass is 398 g/mol. The van der Waals surface area contributed by atoms with Gasteiger partial charge in [0.05, 0.1) is 13.3 Å². The molecule has 0 atom stereocenters. The van der Waals surface area contributed by atoms with Crippen molar-refractivity contribution in [3.8, 4) is 23.0 Å². The van der Waals surface area contributed by atoms with Crippen molar-refractivity contribution in [2.24, 2.45) is 5.10 Å². The molecule has 0 spiro atoms. The fourth-order valence-electron chi connectivity index (χ4n) is 2.10. The molecule has 0 fully saturated rings. The second-order valence-corrected chi connectivity index (χ2v) is 5.97. The van der Waals surface area contributed by atoms with E-state index in [0.717, 1.165) is 10.0 Å². The minimum Gasteiger partial charge on any atom is -0.507 e. The van der Waals surface area contributed by atoms with Gasteiger partial charge in [-0.15, -0.1) is 0 Å². The molecule has 0 saturated heterocycles. The number of hydrazone groups is 1. The highest BCUT2D eigenvalue weighted by Gasteiger charge is 2.07. The molecule has 0 radical (unpaired) electrons. The van der Waals surface area contributed by atoms with Gasteiger partial charge in [0, 0.05) is 21.7 Å². The Hall–Kier alpha value is -2.93. The lowest BCUT2D eigenvalue weighted by Gasteiger charge is -2.07. The molecular formula is C18H15BrN4O2. The van der Waals surface area contributed by atoms with Crippen LogP contribution in [0, 0.1) is 0 Å². The van der Waals surface area contributed by atoms with E-state index in [0.29, 0.717) is 23.1 Å². The number of anilines is 1. The first-order valence-corrected chi connectivity index (χ1v) is 8.21. The Balaban J connectivity index is 1.85. The number of methoxy groups -OCH3 is 1. The third-order valence-electron chi connectivity index (χ3n) is 3.32. The van der Waals surface area contributed by atoms with Gasteiger partial charge in [-0.05, 0) is 18.2 Å². The molecule has 0 aliphatic heterocycles. The number of hydrogen-bond donors (Lipinski definition) is 2. The number of phenolic OH excluding ortho intramolecular Hbond substituents is 1. The zero-order chi connectivity index (χ0) is 17.6. The molecule has 2 aromatic carbocycles. The van der Waals surface area contributed by atoms with Gasteiger partial charge >= 0.3 is 0 Å². The first kappa shape index (κ1) is 16.9. The molecule has 7 heteroatoms. The summed E-state index contributed by atoms with van der Waals surface area (Å²) in [6, 6.07) is 16.3. The quantitative estimate of drug-likeness (QED) is 0.500. The second kappa shape index (κ2) is 7.76. The van der Waals surface area contributed by atoms with E-state index in [9.17, 15) is 5.11 Å². The van der Waals surface area contributed by atoms with Crippen molar-refractivity contribution in [3.63, 3.8) is 0 Å². The maximum Gasteiger partial charge on any atom is 0.218 e. The van der Waals surface area contributed by atoms with Crippen molar-refractivity contribution in [1.82, 2.24) is 9.97 Å². The summed E-state index contributed by atoms with van der Waals surface area (Å²) >= 11 is 3.36. The van der Waals surface area contributed by atoms with Crippen LogP contribution in [0.15, 0.2) is 64.2 Å². The number of rotatable bonds is 5. The molecule has 0 unspecified atom stereocenters. The fourth-order valence-corrected chi connectivity index (χ4v) is 2.48. The molecule has 1 aromatic heterocycles. The predicted molar refractivity (Wildman–Crippen MR) is 101 cm³/mol. The molecule has 0 bridgehead atoms. The van der Waals surface area contributed by atoms with Gasteiger partial charge in [0.2, 0.25) is 5.88 Å². The molecule has 25 heavy (non-hydrogen) atoms. The number of aromatic nitrogens is 2. The fraction of sp³-hybridized carbons (Fsp3) is 0.0556. The normalized spacial score (nSPS) is 10.8. The van der Waals surface area contributed by atoms with Crippen molar-refractivity contribution >= 4 is 28.0 Å². The molecule has 3 aromatic rings. The standard InChI is InChI=1S/C18H15BrN4O2/c1-25-17-10-16(21-18(22-17)12-5-3-2-4-6-12)23-20-11-13-9-14(19)7-8-15(13)24/h2-11,24H,1H3,(H,21,22,23). The van der Waals surface area contributed by atoms with Crippen molar-refractivity contribution in [1.29, 1.82) is 0 Å². The minimum atomic E-state index is 0.138. The van der Waals surface area contributed by atoms with Crippen molar-refractivity contribution in [2.75, 3.05) is 12.5 Å². The van der Waals surface area contributed by atoms with Crippen LogP contribution in [0.3, 0.4) is 0 Å². The van der Waals surface area contributed by atoms with Gasteiger partial charge in [0.1, 0.15) is 5.75 Å². The summed E-state index contributed by atoms with van der Waals surface area (Å²) in [5, 5.41) is 13.9. The summed E-state index contributed by atoms with van der Waals surface area (Å²) in [6.07, 6.45) is 1.51. The lowest BCUT2D eigenvalue weighted by atomic mass is 10.2. The van der Waals surface area contributed by atoms with Crippen LogP contribution in [0.25, 0.3) is 11.4 Å². The van der Waals surface area contributed by atoms with E-state index in [1.54, 1.807) is 31.4 Å². The number of halogens is 1. The van der Waals surface area contributed by atoms with E-state index < -0.39 is 0 Å². The van der Waals surface area contributed by atoms with Crippen molar-refractivity contribution in [3.05, 3.63) is 64.6 Å². The Morgan fingerprint density at radius 3 is 2.68 bits per heavy atom. The van der Waals surface area contributed by atoms with E-state index in [-0.39, 0.29) is 5.75 Å². The van der Waals surface area contributed by atoms with Crippen molar-refractivity contribution < 1.29 is 9.84 Å². The summed E-state index contributed by atoms with van der Waals surface area (Å²) in [4.78, 5) is 8.78. The molecule has 0 aliphatic rings. The van der Waals surface area contributed by atoms with Gasteiger partial charge in [-0.25, -0.2) is 4.98 Å². The zero-order valence-electron chi connectivity index (χ0n) is 13.3. The van der Waals surface area contributed by atoms with Crippen molar-refractivity contribution in [2.45, 2.75) is 0 Å². The number of benzene rings is 2. The summed E-state index contributed by atoms with van der Waals surface area (Å²) in [6.45, 7) is 0. The third kappa shape index (κ3) is 4.33. The molecule has 2 N–H and O–H groups in total. The lowest BCUT2D eigenvalue weighted by molar-refractivity contribution is 0.398. The van der Waals surface area contributed by atoms with Gasteiger partial charge in [-0.1, -0.05) is 46.3 Å². The first-order valence-electron chi connectivity index (χ1n) is 7.42. The summed E-state index contributed by atoms with van der Waals surface area (Å²) in [7, 11) is 1.55. The Bertz CT molecular complexity index is 901. The maximum atomic E-state index is 9.82. The Labute approximate surface area is 153 Å². The van der Waals surface area contributed by atoms with Gasteiger partial charge in [-0.3, -0.25) is 5.43 Å². The number of ether oxygens (including phenoxy) is 1. The van der Waals surface area contributed by atoms with Gasteiger partial charge in [-0.2, -0.15) is 10.1 Å². The lowest BCUT2D eigenvalue weighted by Crippen LogP contribution is -1.99.